The second-order valence-corrected chi connectivity index (χ2v) is 5.14. The first kappa shape index (κ1) is 14.3. The van der Waals surface area contributed by atoms with E-state index in [4.69, 9.17) is 0 Å². The van der Waals surface area contributed by atoms with Gasteiger partial charge in [-0.25, -0.2) is 0 Å². The predicted octanol–water partition coefficient (Wildman–Crippen LogP) is 4.38. The number of rotatable bonds is 4. The molecule has 0 saturated carbocycles. The number of nitro benzene ring substituents is 1. The van der Waals surface area contributed by atoms with Crippen LogP contribution in [0.5, 0.6) is 0 Å². The Morgan fingerprint density at radius 3 is 2.45 bits per heavy atom. The van der Waals surface area contributed by atoms with Crippen LogP contribution >= 0.6 is 11.8 Å². The Morgan fingerprint density at radius 2 is 1.90 bits per heavy atom. The fourth-order valence-corrected chi connectivity index (χ4v) is 2.14. The molecular weight excluding hydrogens is 272 g/mol. The van der Waals surface area contributed by atoms with E-state index >= 15 is 0 Å². The van der Waals surface area contributed by atoms with Crippen molar-refractivity contribution in [1.82, 2.24) is 0 Å². The van der Waals surface area contributed by atoms with E-state index in [-0.39, 0.29) is 5.69 Å². The number of hydrogen-bond donors (Lipinski definition) is 0. The maximum atomic E-state index is 10.7. The van der Waals surface area contributed by atoms with Gasteiger partial charge in [-0.1, -0.05) is 12.1 Å². The standard InChI is InChI=1S/C15H14N2O2S/c1-11-9-13(17(18)19)5-8-15(11)16-10-12-3-6-14(20-2)7-4-12/h3-10H,1-2H3. The van der Waals surface area contributed by atoms with E-state index in [0.717, 1.165) is 16.8 Å². The van der Waals surface area contributed by atoms with Gasteiger partial charge in [0.05, 0.1) is 10.6 Å². The number of benzene rings is 2. The summed E-state index contributed by atoms with van der Waals surface area (Å²) in [5.41, 5.74) is 2.62. The molecule has 102 valence electrons. The van der Waals surface area contributed by atoms with Gasteiger partial charge in [-0.05, 0) is 42.5 Å². The van der Waals surface area contributed by atoms with Gasteiger partial charge in [-0.2, -0.15) is 0 Å². The van der Waals surface area contributed by atoms with Crippen LogP contribution in [0, 0.1) is 17.0 Å². The largest absolute Gasteiger partial charge is 0.269 e. The number of non-ortho nitro benzene ring substituents is 1. The fourth-order valence-electron chi connectivity index (χ4n) is 1.73. The van der Waals surface area contributed by atoms with Gasteiger partial charge in [0.15, 0.2) is 0 Å². The van der Waals surface area contributed by atoms with Crippen LogP contribution in [0.3, 0.4) is 0 Å². The molecule has 0 bridgehead atoms. The highest BCUT2D eigenvalue weighted by molar-refractivity contribution is 7.98. The van der Waals surface area contributed by atoms with Crippen LogP contribution in [0.4, 0.5) is 11.4 Å². The van der Waals surface area contributed by atoms with Crippen LogP contribution in [0.2, 0.25) is 0 Å². The zero-order chi connectivity index (χ0) is 14.5. The van der Waals surface area contributed by atoms with Gasteiger partial charge in [0.25, 0.3) is 5.69 Å². The Morgan fingerprint density at radius 1 is 1.20 bits per heavy atom. The van der Waals surface area contributed by atoms with Crippen LogP contribution < -0.4 is 0 Å². The molecule has 0 radical (unpaired) electrons. The van der Waals surface area contributed by atoms with Crippen LogP contribution in [0.1, 0.15) is 11.1 Å². The molecule has 20 heavy (non-hydrogen) atoms. The lowest BCUT2D eigenvalue weighted by molar-refractivity contribution is -0.384. The highest BCUT2D eigenvalue weighted by Crippen LogP contribution is 2.23. The number of thioether (sulfide) groups is 1. The lowest BCUT2D eigenvalue weighted by atomic mass is 10.2. The summed E-state index contributed by atoms with van der Waals surface area (Å²) >= 11 is 1.69. The van der Waals surface area contributed by atoms with Gasteiger partial charge in [0.1, 0.15) is 0 Å². The first-order valence-electron chi connectivity index (χ1n) is 6.03. The Kier molecular flexibility index (Phi) is 4.53. The van der Waals surface area contributed by atoms with E-state index in [1.165, 1.54) is 17.0 Å². The van der Waals surface area contributed by atoms with E-state index in [1.54, 1.807) is 24.0 Å². The first-order valence-corrected chi connectivity index (χ1v) is 7.26. The third-order valence-electron chi connectivity index (χ3n) is 2.86. The SMILES string of the molecule is CSc1ccc(C=Nc2ccc([N+](=O)[O-])cc2C)cc1. The molecule has 0 spiro atoms. The number of aryl methyl sites for hydroxylation is 1. The average Bonchev–Trinajstić information content (AvgIpc) is 2.46. The van der Waals surface area contributed by atoms with E-state index < -0.39 is 4.92 Å². The maximum absolute atomic E-state index is 10.7. The topological polar surface area (TPSA) is 55.5 Å². The van der Waals surface area contributed by atoms with Crippen molar-refractivity contribution in [2.24, 2.45) is 4.99 Å². The molecule has 0 aliphatic carbocycles. The van der Waals surface area contributed by atoms with Gasteiger partial charge in [-0.3, -0.25) is 15.1 Å². The van der Waals surface area contributed by atoms with Crippen molar-refractivity contribution in [2.75, 3.05) is 6.26 Å². The molecule has 4 nitrogen and oxygen atoms in total. The van der Waals surface area contributed by atoms with Crippen molar-refractivity contribution in [2.45, 2.75) is 11.8 Å². The monoisotopic (exact) mass is 286 g/mol. The number of nitro groups is 1. The van der Waals surface area contributed by atoms with Gasteiger partial charge in [0.2, 0.25) is 0 Å². The van der Waals surface area contributed by atoms with E-state index in [0.29, 0.717) is 0 Å². The van der Waals surface area contributed by atoms with Crippen LogP contribution in [-0.2, 0) is 0 Å². The summed E-state index contributed by atoms with van der Waals surface area (Å²) in [5.74, 6) is 0. The molecular formula is C15H14N2O2S. The van der Waals surface area contributed by atoms with Crippen LogP contribution in [-0.4, -0.2) is 17.4 Å². The summed E-state index contributed by atoms with van der Waals surface area (Å²) in [5, 5.41) is 10.7. The van der Waals surface area contributed by atoms with Crippen molar-refractivity contribution in [3.63, 3.8) is 0 Å². The predicted molar refractivity (Wildman–Crippen MR) is 83.3 cm³/mol. The summed E-state index contributed by atoms with van der Waals surface area (Å²) in [4.78, 5) is 15.8. The Balaban J connectivity index is 2.20. The van der Waals surface area contributed by atoms with Crippen LogP contribution in [0.25, 0.3) is 0 Å². The molecule has 0 aliphatic rings. The molecule has 0 aliphatic heterocycles. The third-order valence-corrected chi connectivity index (χ3v) is 3.60. The first-order chi connectivity index (χ1) is 9.60. The number of nitrogens with zero attached hydrogens (tertiary/aromatic N) is 2. The van der Waals surface area contributed by atoms with E-state index in [9.17, 15) is 10.1 Å². The van der Waals surface area contributed by atoms with Gasteiger partial charge in [0, 0.05) is 23.2 Å². The normalized spacial score (nSPS) is 10.9. The van der Waals surface area contributed by atoms with Crippen molar-refractivity contribution in [3.8, 4) is 0 Å². The van der Waals surface area contributed by atoms with Crippen molar-refractivity contribution in [3.05, 3.63) is 63.7 Å². The number of hydrogen-bond acceptors (Lipinski definition) is 4. The summed E-state index contributed by atoms with van der Waals surface area (Å²) < 4.78 is 0. The summed E-state index contributed by atoms with van der Waals surface area (Å²) in [7, 11) is 0. The molecule has 0 unspecified atom stereocenters. The lowest BCUT2D eigenvalue weighted by Gasteiger charge is -2.00. The highest BCUT2D eigenvalue weighted by atomic mass is 32.2. The summed E-state index contributed by atoms with van der Waals surface area (Å²) in [6.07, 6.45) is 3.79. The fraction of sp³-hybridized carbons (Fsp3) is 0.133. The zero-order valence-corrected chi connectivity index (χ0v) is 12.1. The smallest absolute Gasteiger partial charge is 0.258 e. The summed E-state index contributed by atoms with van der Waals surface area (Å²) in [6.45, 7) is 1.82. The third kappa shape index (κ3) is 3.45. The quantitative estimate of drug-likeness (QED) is 0.363. The van der Waals surface area contributed by atoms with E-state index in [2.05, 4.69) is 4.99 Å². The summed E-state index contributed by atoms with van der Waals surface area (Å²) in [6, 6.07) is 12.7. The lowest BCUT2D eigenvalue weighted by Crippen LogP contribution is -1.88. The number of aliphatic imine (C=N–C) groups is 1. The zero-order valence-electron chi connectivity index (χ0n) is 11.2. The molecule has 2 aromatic carbocycles. The minimum atomic E-state index is -0.401. The van der Waals surface area contributed by atoms with Gasteiger partial charge < -0.3 is 0 Å². The minimum absolute atomic E-state index is 0.0887. The molecule has 0 aromatic heterocycles. The van der Waals surface area contributed by atoms with Crippen molar-refractivity contribution >= 4 is 29.4 Å². The second kappa shape index (κ2) is 6.34. The maximum Gasteiger partial charge on any atom is 0.269 e. The highest BCUT2D eigenvalue weighted by Gasteiger charge is 2.06. The molecule has 2 aromatic rings. The van der Waals surface area contributed by atoms with Crippen LogP contribution in [0.15, 0.2) is 52.4 Å². The molecule has 5 heteroatoms. The van der Waals surface area contributed by atoms with Gasteiger partial charge in [-0.15, -0.1) is 11.8 Å². The molecule has 0 heterocycles. The van der Waals surface area contributed by atoms with Crippen molar-refractivity contribution < 1.29 is 4.92 Å². The van der Waals surface area contributed by atoms with E-state index in [1.807, 2.05) is 37.4 Å². The molecule has 0 N–H and O–H groups in total. The molecule has 0 atom stereocenters. The average molecular weight is 286 g/mol. The van der Waals surface area contributed by atoms with Gasteiger partial charge >= 0.3 is 0 Å². The molecule has 0 saturated heterocycles. The Labute approximate surface area is 121 Å². The minimum Gasteiger partial charge on any atom is -0.258 e. The molecule has 0 fully saturated rings. The Bertz CT molecular complexity index is 651. The Hall–Kier alpha value is -2.14. The van der Waals surface area contributed by atoms with Crippen molar-refractivity contribution in [1.29, 1.82) is 0 Å². The molecule has 2 rings (SSSR count). The second-order valence-electron chi connectivity index (χ2n) is 4.26. The molecule has 0 amide bonds.